The molecule has 1 unspecified atom stereocenters. The van der Waals surface area contributed by atoms with E-state index < -0.39 is 35.4 Å². The Morgan fingerprint density at radius 2 is 1.92 bits per heavy atom. The number of H-pyrrole nitrogens is 1. The fourth-order valence-corrected chi connectivity index (χ4v) is 4.81. The zero-order chi connectivity index (χ0) is 27.6. The Morgan fingerprint density at radius 1 is 1.18 bits per heavy atom. The first-order chi connectivity index (χ1) is 18.0. The Hall–Kier alpha value is -3.73. The van der Waals surface area contributed by atoms with Gasteiger partial charge in [-0.3, -0.25) is 19.7 Å². The highest BCUT2D eigenvalue weighted by Crippen LogP contribution is 2.35. The summed E-state index contributed by atoms with van der Waals surface area (Å²) < 4.78 is 41.1. The molecule has 0 bridgehead atoms. The number of benzene rings is 1. The van der Waals surface area contributed by atoms with Gasteiger partial charge in [-0.2, -0.15) is 5.10 Å². The van der Waals surface area contributed by atoms with E-state index >= 15 is 0 Å². The predicted molar refractivity (Wildman–Crippen MR) is 134 cm³/mol. The molecule has 202 valence electrons. The lowest BCUT2D eigenvalue weighted by Crippen LogP contribution is -2.54. The number of nitrogens with zero attached hydrogens (tertiary/aromatic N) is 3. The molecule has 2 aromatic heterocycles. The smallest absolute Gasteiger partial charge is 0.243 e. The number of halogens is 3. The molecule has 1 aliphatic rings. The summed E-state index contributed by atoms with van der Waals surface area (Å²) in [5, 5.41) is 9.54. The maximum atomic E-state index is 14.1. The molecule has 0 aliphatic carbocycles. The fourth-order valence-electron chi connectivity index (χ4n) is 4.81. The predicted octanol–water partition coefficient (Wildman–Crippen LogP) is 3.44. The van der Waals surface area contributed by atoms with Crippen molar-refractivity contribution < 1.29 is 22.8 Å². The van der Waals surface area contributed by atoms with Crippen LogP contribution in [0, 0.1) is 17.5 Å². The molecule has 3 heterocycles. The second-order valence-corrected chi connectivity index (χ2v) is 10.0. The summed E-state index contributed by atoms with van der Waals surface area (Å²) in [5.74, 6) is -4.32. The Bertz CT molecular complexity index is 1310. The number of fused-ring (bicyclic) bond motifs is 1. The van der Waals surface area contributed by atoms with Crippen LogP contribution in [0.25, 0.3) is 0 Å². The van der Waals surface area contributed by atoms with E-state index in [0.717, 1.165) is 22.9 Å². The van der Waals surface area contributed by atoms with Crippen LogP contribution in [0.3, 0.4) is 0 Å². The van der Waals surface area contributed by atoms with Crippen LogP contribution in [-0.4, -0.2) is 44.0 Å². The molecule has 0 fully saturated rings. The molecule has 38 heavy (non-hydrogen) atoms. The Morgan fingerprint density at radius 3 is 2.61 bits per heavy atom. The van der Waals surface area contributed by atoms with Gasteiger partial charge in [0.15, 0.2) is 11.6 Å². The van der Waals surface area contributed by atoms with Crippen molar-refractivity contribution >= 4 is 11.8 Å². The van der Waals surface area contributed by atoms with Crippen LogP contribution in [0.5, 0.6) is 0 Å². The normalized spacial score (nSPS) is 17.8. The minimum Gasteiger partial charge on any atom is -0.349 e. The van der Waals surface area contributed by atoms with E-state index in [2.05, 4.69) is 20.5 Å². The Balaban J connectivity index is 1.56. The monoisotopic (exact) mass is 528 g/mol. The second-order valence-electron chi connectivity index (χ2n) is 10.0. The van der Waals surface area contributed by atoms with Crippen molar-refractivity contribution in [3.63, 3.8) is 0 Å². The topological polar surface area (TPSA) is 117 Å². The third kappa shape index (κ3) is 5.88. The van der Waals surface area contributed by atoms with E-state index in [0.29, 0.717) is 11.8 Å². The van der Waals surface area contributed by atoms with E-state index in [1.165, 1.54) is 4.90 Å². The summed E-state index contributed by atoms with van der Waals surface area (Å²) >= 11 is 0. The van der Waals surface area contributed by atoms with Crippen LogP contribution in [0.4, 0.5) is 13.2 Å². The maximum Gasteiger partial charge on any atom is 0.243 e. The summed E-state index contributed by atoms with van der Waals surface area (Å²) in [7, 11) is 0. The molecule has 2 amide bonds. The van der Waals surface area contributed by atoms with Crippen LogP contribution in [0.15, 0.2) is 36.7 Å². The van der Waals surface area contributed by atoms with Crippen molar-refractivity contribution in [2.24, 2.45) is 5.73 Å². The number of hydrogen-bond donors (Lipinski definition) is 3. The summed E-state index contributed by atoms with van der Waals surface area (Å²) in [4.78, 5) is 32.9. The van der Waals surface area contributed by atoms with E-state index in [1.54, 1.807) is 18.5 Å². The van der Waals surface area contributed by atoms with Gasteiger partial charge in [-0.25, -0.2) is 13.2 Å². The third-order valence-electron chi connectivity index (χ3n) is 6.88. The second kappa shape index (κ2) is 11.3. The lowest BCUT2D eigenvalue weighted by molar-refractivity contribution is -0.143. The Labute approximate surface area is 218 Å². The van der Waals surface area contributed by atoms with Crippen molar-refractivity contribution in [2.45, 2.75) is 70.6 Å². The molecule has 1 aliphatic heterocycles. The number of nitrogens with one attached hydrogen (secondary N) is 2. The number of carbonyl (C=O) groups is 2. The number of aromatic nitrogens is 3. The summed E-state index contributed by atoms with van der Waals surface area (Å²) in [6.45, 7) is 6.31. The van der Waals surface area contributed by atoms with Gasteiger partial charge in [0, 0.05) is 49.1 Å². The summed E-state index contributed by atoms with van der Waals surface area (Å²) in [6.07, 6.45) is 2.91. The molecule has 0 radical (unpaired) electrons. The van der Waals surface area contributed by atoms with Crippen molar-refractivity contribution in [3.8, 4) is 0 Å². The van der Waals surface area contributed by atoms with Gasteiger partial charge in [-0.1, -0.05) is 20.8 Å². The van der Waals surface area contributed by atoms with Crippen LogP contribution in [0.2, 0.25) is 0 Å². The molecule has 4 rings (SSSR count). The lowest BCUT2D eigenvalue weighted by atomic mass is 9.83. The van der Waals surface area contributed by atoms with Crippen molar-refractivity contribution in [1.29, 1.82) is 0 Å². The van der Waals surface area contributed by atoms with Gasteiger partial charge in [-0.05, 0) is 47.2 Å². The number of hydrogen-bond acceptors (Lipinski definition) is 5. The van der Waals surface area contributed by atoms with Gasteiger partial charge < -0.3 is 16.0 Å². The van der Waals surface area contributed by atoms with Crippen molar-refractivity contribution in [3.05, 3.63) is 82.2 Å². The summed E-state index contributed by atoms with van der Waals surface area (Å²) in [5.41, 5.74) is 9.39. The molecule has 0 saturated heterocycles. The SMILES string of the molecule is CC(C)c1cc2c(cn1)CN(C(=O)C[C@H](N)Cc1cc(F)c(F)cc1F)[C@H](C(=O)NCc1ccn[nH]1)C2C. The molecule has 3 aromatic rings. The molecule has 0 saturated carbocycles. The first-order valence-corrected chi connectivity index (χ1v) is 12.5. The van der Waals surface area contributed by atoms with Gasteiger partial charge in [0.2, 0.25) is 11.8 Å². The number of nitrogens with two attached hydrogens (primary N) is 1. The van der Waals surface area contributed by atoms with Crippen LogP contribution >= 0.6 is 0 Å². The van der Waals surface area contributed by atoms with Gasteiger partial charge in [0.25, 0.3) is 0 Å². The highest BCUT2D eigenvalue weighted by atomic mass is 19.2. The standard InChI is InChI=1S/C27H31F3N6O2/c1-14(2)24-9-20-15(3)26(27(38)33-12-19-4-5-34-35-19)36(13-17(20)11-32-24)25(37)8-18(31)6-16-7-22(29)23(30)10-21(16)28/h4-5,7,9-11,14-15,18,26H,6,8,12-13,31H2,1-3H3,(H,33,38)(H,34,35)/t15?,18-,26+/m1/s1. The average Bonchev–Trinajstić information content (AvgIpc) is 3.39. The van der Waals surface area contributed by atoms with E-state index in [1.807, 2.05) is 26.8 Å². The molecular formula is C27H31F3N6O2. The highest BCUT2D eigenvalue weighted by molar-refractivity contribution is 5.89. The Kier molecular flexibility index (Phi) is 8.15. The number of carbonyl (C=O) groups excluding carboxylic acids is 2. The molecule has 3 atom stereocenters. The number of rotatable bonds is 8. The average molecular weight is 529 g/mol. The number of pyridine rings is 1. The number of amides is 2. The fraction of sp³-hybridized carbons (Fsp3) is 0.407. The quantitative estimate of drug-likeness (QED) is 0.388. The zero-order valence-corrected chi connectivity index (χ0v) is 21.5. The van der Waals surface area contributed by atoms with Gasteiger partial charge >= 0.3 is 0 Å². The van der Waals surface area contributed by atoms with Gasteiger partial charge in [0.05, 0.1) is 12.2 Å². The molecule has 11 heteroatoms. The zero-order valence-electron chi connectivity index (χ0n) is 21.5. The minimum atomic E-state index is -1.30. The molecular weight excluding hydrogens is 497 g/mol. The number of aromatic amines is 1. The molecule has 4 N–H and O–H groups in total. The summed E-state index contributed by atoms with van der Waals surface area (Å²) in [6, 6.07) is 3.22. The highest BCUT2D eigenvalue weighted by Gasteiger charge is 2.40. The van der Waals surface area contributed by atoms with Crippen LogP contribution < -0.4 is 11.1 Å². The van der Waals surface area contributed by atoms with E-state index in [9.17, 15) is 22.8 Å². The largest absolute Gasteiger partial charge is 0.349 e. The first-order valence-electron chi connectivity index (χ1n) is 12.5. The lowest BCUT2D eigenvalue weighted by Gasteiger charge is -2.40. The van der Waals surface area contributed by atoms with E-state index in [-0.39, 0.29) is 49.2 Å². The van der Waals surface area contributed by atoms with E-state index in [4.69, 9.17) is 5.73 Å². The molecule has 0 spiro atoms. The van der Waals surface area contributed by atoms with Gasteiger partial charge in [0.1, 0.15) is 11.9 Å². The van der Waals surface area contributed by atoms with Crippen molar-refractivity contribution in [2.75, 3.05) is 0 Å². The maximum absolute atomic E-state index is 14.1. The first kappa shape index (κ1) is 27.3. The van der Waals surface area contributed by atoms with Crippen LogP contribution in [-0.2, 0) is 29.1 Å². The van der Waals surface area contributed by atoms with Gasteiger partial charge in [-0.15, -0.1) is 0 Å². The molecule has 8 nitrogen and oxygen atoms in total. The van der Waals surface area contributed by atoms with Crippen molar-refractivity contribution in [1.82, 2.24) is 25.4 Å². The molecule has 1 aromatic carbocycles. The minimum absolute atomic E-state index is 0.124. The third-order valence-corrected chi connectivity index (χ3v) is 6.88. The van der Waals surface area contributed by atoms with Crippen LogP contribution in [0.1, 0.15) is 67.1 Å².